The first-order valence-electron chi connectivity index (χ1n) is 4.65. The fraction of sp³-hybridized carbons (Fsp3) is 0.455. The van der Waals surface area contributed by atoms with Crippen LogP contribution in [-0.2, 0) is 6.42 Å². The molecule has 1 N–H and O–H groups in total. The highest BCUT2D eigenvalue weighted by atomic mass is 32.1. The average Bonchev–Trinajstić information content (AvgIpc) is 2.08. The van der Waals surface area contributed by atoms with E-state index in [4.69, 9.17) is 0 Å². The van der Waals surface area contributed by atoms with Crippen LogP contribution in [0.1, 0.15) is 25.3 Å². The van der Waals surface area contributed by atoms with Gasteiger partial charge in [0.2, 0.25) is 0 Å². The van der Waals surface area contributed by atoms with Crippen molar-refractivity contribution in [3.05, 3.63) is 29.8 Å². The van der Waals surface area contributed by atoms with E-state index in [0.29, 0.717) is 11.0 Å². The van der Waals surface area contributed by atoms with E-state index >= 15 is 0 Å². The molecule has 1 rings (SSSR count). The summed E-state index contributed by atoms with van der Waals surface area (Å²) in [4.78, 5) is 0. The maximum atomic E-state index is 9.46. The first-order chi connectivity index (χ1) is 6.20. The summed E-state index contributed by atoms with van der Waals surface area (Å²) in [5.41, 5.74) is 1.04. The van der Waals surface area contributed by atoms with Crippen molar-refractivity contribution in [3.63, 3.8) is 0 Å². The van der Waals surface area contributed by atoms with Gasteiger partial charge in [0.05, 0.1) is 0 Å². The topological polar surface area (TPSA) is 20.2 Å². The molecule has 1 aromatic rings. The molecule has 1 atom stereocenters. The zero-order valence-corrected chi connectivity index (χ0v) is 8.80. The highest BCUT2D eigenvalue weighted by Gasteiger charge is 2.00. The fourth-order valence-electron chi connectivity index (χ4n) is 1.31. The number of para-hydroxylation sites is 1. The Morgan fingerprint density at radius 2 is 2.08 bits per heavy atom. The molecule has 0 aliphatic heterocycles. The second kappa shape index (κ2) is 5.18. The molecule has 0 heterocycles. The standard InChI is InChI=1S/C11H16OS/c1-9(13)5-4-7-10-6-2-3-8-11(10)12/h2-3,6,8-9,12-13H,4-5,7H2,1H3. The van der Waals surface area contributed by atoms with E-state index in [0.717, 1.165) is 24.8 Å². The lowest BCUT2D eigenvalue weighted by molar-refractivity contribution is 0.466. The van der Waals surface area contributed by atoms with Gasteiger partial charge in [-0.15, -0.1) is 0 Å². The van der Waals surface area contributed by atoms with Gasteiger partial charge in [-0.25, -0.2) is 0 Å². The van der Waals surface area contributed by atoms with Crippen molar-refractivity contribution < 1.29 is 5.11 Å². The quantitative estimate of drug-likeness (QED) is 0.709. The minimum Gasteiger partial charge on any atom is -0.508 e. The Morgan fingerprint density at radius 3 is 2.69 bits per heavy atom. The number of benzene rings is 1. The summed E-state index contributed by atoms with van der Waals surface area (Å²) in [5, 5.41) is 9.91. The second-order valence-corrected chi connectivity index (χ2v) is 4.25. The molecule has 0 fully saturated rings. The Labute approximate surface area is 85.2 Å². The third kappa shape index (κ3) is 3.73. The average molecular weight is 196 g/mol. The van der Waals surface area contributed by atoms with Gasteiger partial charge in [0, 0.05) is 0 Å². The molecule has 0 radical (unpaired) electrons. The first kappa shape index (κ1) is 10.5. The number of hydrogen-bond acceptors (Lipinski definition) is 2. The van der Waals surface area contributed by atoms with Gasteiger partial charge in [-0.05, 0) is 36.1 Å². The fourth-order valence-corrected chi connectivity index (χ4v) is 1.49. The van der Waals surface area contributed by atoms with Crippen LogP contribution in [0, 0.1) is 0 Å². The predicted octanol–water partition coefficient (Wildman–Crippen LogP) is 3.03. The van der Waals surface area contributed by atoms with E-state index < -0.39 is 0 Å². The maximum Gasteiger partial charge on any atom is 0.118 e. The molecule has 13 heavy (non-hydrogen) atoms. The van der Waals surface area contributed by atoms with E-state index in [1.54, 1.807) is 6.07 Å². The Bertz CT molecular complexity index is 258. The molecule has 0 aliphatic rings. The van der Waals surface area contributed by atoms with Crippen LogP contribution in [-0.4, -0.2) is 10.4 Å². The molecule has 0 saturated heterocycles. The minimum absolute atomic E-state index is 0.411. The Balaban J connectivity index is 2.41. The van der Waals surface area contributed by atoms with Crippen LogP contribution in [0.3, 0.4) is 0 Å². The maximum absolute atomic E-state index is 9.46. The van der Waals surface area contributed by atoms with Crippen LogP contribution in [0.15, 0.2) is 24.3 Å². The summed E-state index contributed by atoms with van der Waals surface area (Å²) >= 11 is 4.31. The summed E-state index contributed by atoms with van der Waals surface area (Å²) in [6.45, 7) is 2.09. The molecule has 0 amide bonds. The van der Waals surface area contributed by atoms with Crippen molar-refractivity contribution in [2.75, 3.05) is 0 Å². The van der Waals surface area contributed by atoms with Gasteiger partial charge in [-0.2, -0.15) is 12.6 Å². The second-order valence-electron chi connectivity index (χ2n) is 3.37. The van der Waals surface area contributed by atoms with Crippen molar-refractivity contribution in [2.45, 2.75) is 31.4 Å². The zero-order valence-electron chi connectivity index (χ0n) is 7.90. The minimum atomic E-state index is 0.411. The van der Waals surface area contributed by atoms with E-state index in [-0.39, 0.29) is 0 Å². The van der Waals surface area contributed by atoms with Gasteiger partial charge < -0.3 is 5.11 Å². The third-order valence-corrected chi connectivity index (χ3v) is 2.32. The lowest BCUT2D eigenvalue weighted by Crippen LogP contribution is -1.93. The summed E-state index contributed by atoms with van der Waals surface area (Å²) in [6, 6.07) is 7.51. The molecule has 0 saturated carbocycles. The van der Waals surface area contributed by atoms with Gasteiger partial charge in [-0.1, -0.05) is 25.1 Å². The van der Waals surface area contributed by atoms with Gasteiger partial charge >= 0.3 is 0 Å². The molecule has 0 spiro atoms. The summed E-state index contributed by atoms with van der Waals surface area (Å²) in [6.07, 6.45) is 3.12. The molecule has 0 bridgehead atoms. The van der Waals surface area contributed by atoms with Crippen LogP contribution in [0.4, 0.5) is 0 Å². The highest BCUT2D eigenvalue weighted by Crippen LogP contribution is 2.18. The van der Waals surface area contributed by atoms with Gasteiger partial charge in [0.1, 0.15) is 5.75 Å². The molecular weight excluding hydrogens is 180 g/mol. The molecule has 1 aromatic carbocycles. The molecule has 72 valence electrons. The van der Waals surface area contributed by atoms with Crippen molar-refractivity contribution in [2.24, 2.45) is 0 Å². The normalized spacial score (nSPS) is 12.8. The molecule has 0 aliphatic carbocycles. The van der Waals surface area contributed by atoms with E-state index in [2.05, 4.69) is 19.6 Å². The number of rotatable bonds is 4. The van der Waals surface area contributed by atoms with E-state index in [1.165, 1.54) is 0 Å². The molecule has 2 heteroatoms. The first-order valence-corrected chi connectivity index (χ1v) is 5.16. The van der Waals surface area contributed by atoms with Crippen molar-refractivity contribution in [1.29, 1.82) is 0 Å². The van der Waals surface area contributed by atoms with Crippen LogP contribution in [0.2, 0.25) is 0 Å². The molecule has 1 nitrogen and oxygen atoms in total. The Kier molecular flexibility index (Phi) is 4.16. The number of hydrogen-bond donors (Lipinski definition) is 2. The monoisotopic (exact) mass is 196 g/mol. The summed E-state index contributed by atoms with van der Waals surface area (Å²) in [7, 11) is 0. The number of aromatic hydroxyl groups is 1. The van der Waals surface area contributed by atoms with Crippen LogP contribution in [0.5, 0.6) is 5.75 Å². The van der Waals surface area contributed by atoms with E-state index in [9.17, 15) is 5.11 Å². The molecular formula is C11H16OS. The van der Waals surface area contributed by atoms with Crippen LogP contribution >= 0.6 is 12.6 Å². The molecule has 1 unspecified atom stereocenters. The molecule has 0 aromatic heterocycles. The highest BCUT2D eigenvalue weighted by molar-refractivity contribution is 7.80. The van der Waals surface area contributed by atoms with Gasteiger partial charge in [0.25, 0.3) is 0 Å². The van der Waals surface area contributed by atoms with Crippen molar-refractivity contribution in [1.82, 2.24) is 0 Å². The third-order valence-electron chi connectivity index (χ3n) is 2.06. The number of thiol groups is 1. The summed E-state index contributed by atoms with van der Waals surface area (Å²) < 4.78 is 0. The van der Waals surface area contributed by atoms with Crippen LogP contribution < -0.4 is 0 Å². The largest absolute Gasteiger partial charge is 0.508 e. The number of phenols is 1. The van der Waals surface area contributed by atoms with Gasteiger partial charge in [-0.3, -0.25) is 0 Å². The SMILES string of the molecule is CC(S)CCCc1ccccc1O. The van der Waals surface area contributed by atoms with Gasteiger partial charge in [0.15, 0.2) is 0 Å². The zero-order chi connectivity index (χ0) is 9.68. The Morgan fingerprint density at radius 1 is 1.38 bits per heavy atom. The number of aryl methyl sites for hydroxylation is 1. The smallest absolute Gasteiger partial charge is 0.118 e. The lowest BCUT2D eigenvalue weighted by Gasteiger charge is -2.05. The Hall–Kier alpha value is -0.630. The van der Waals surface area contributed by atoms with Crippen molar-refractivity contribution in [3.8, 4) is 5.75 Å². The lowest BCUT2D eigenvalue weighted by atomic mass is 10.1. The van der Waals surface area contributed by atoms with E-state index in [1.807, 2.05) is 18.2 Å². The van der Waals surface area contributed by atoms with Crippen LogP contribution in [0.25, 0.3) is 0 Å². The predicted molar refractivity (Wildman–Crippen MR) is 59.5 cm³/mol. The number of phenolic OH excluding ortho intramolecular Hbond substituents is 1. The van der Waals surface area contributed by atoms with Crippen molar-refractivity contribution >= 4 is 12.6 Å². The summed E-state index contributed by atoms with van der Waals surface area (Å²) in [5.74, 6) is 0.411.